The maximum absolute atomic E-state index is 12.0. The Morgan fingerprint density at radius 3 is 2.52 bits per heavy atom. The molecule has 0 saturated carbocycles. The van der Waals surface area contributed by atoms with Gasteiger partial charge in [-0.3, -0.25) is 14.5 Å². The molecule has 1 aromatic carbocycles. The van der Waals surface area contributed by atoms with Gasteiger partial charge < -0.3 is 15.4 Å². The molecular formula is C18H26ClN3O3. The molecule has 1 fully saturated rings. The Morgan fingerprint density at radius 1 is 1.20 bits per heavy atom. The average Bonchev–Trinajstić information content (AvgIpc) is 2.59. The summed E-state index contributed by atoms with van der Waals surface area (Å²) in [5, 5.41) is 6.41. The Morgan fingerprint density at radius 2 is 1.88 bits per heavy atom. The molecular weight excluding hydrogens is 342 g/mol. The first-order valence-electron chi connectivity index (χ1n) is 8.65. The molecule has 2 N–H and O–H groups in total. The van der Waals surface area contributed by atoms with E-state index in [1.807, 2.05) is 0 Å². The van der Waals surface area contributed by atoms with Crippen LogP contribution in [0.2, 0.25) is 5.02 Å². The number of nitrogens with one attached hydrogen (secondary N) is 2. The second-order valence-electron chi connectivity index (χ2n) is 6.31. The summed E-state index contributed by atoms with van der Waals surface area (Å²) in [4.78, 5) is 25.1. The number of nitrogens with zero attached hydrogens (tertiary/aromatic N) is 1. The topological polar surface area (TPSA) is 70.7 Å². The lowest BCUT2D eigenvalue weighted by Gasteiger charge is -2.31. The maximum atomic E-state index is 12.0. The summed E-state index contributed by atoms with van der Waals surface area (Å²) < 4.78 is 5.54. The van der Waals surface area contributed by atoms with Crippen molar-refractivity contribution >= 4 is 23.4 Å². The van der Waals surface area contributed by atoms with Gasteiger partial charge >= 0.3 is 0 Å². The number of hydrogen-bond donors (Lipinski definition) is 2. The van der Waals surface area contributed by atoms with E-state index in [0.717, 1.165) is 38.2 Å². The van der Waals surface area contributed by atoms with E-state index < -0.39 is 0 Å². The number of hydrogen-bond acceptors (Lipinski definition) is 4. The van der Waals surface area contributed by atoms with Crippen LogP contribution in [0.5, 0.6) is 5.75 Å². The molecule has 0 spiro atoms. The summed E-state index contributed by atoms with van der Waals surface area (Å²) in [5.74, 6) is 1.28. The monoisotopic (exact) mass is 367 g/mol. The standard InChI is InChI=1S/C18H26ClN3O3/c1-14(23)21-12-15-6-9-22(10-7-15)13-18(24)20-8-11-25-17-4-2-16(19)3-5-17/h2-5,15H,6-13H2,1H3,(H,20,24)(H,21,23). The Labute approximate surface area is 153 Å². The molecule has 0 unspecified atom stereocenters. The highest BCUT2D eigenvalue weighted by Crippen LogP contribution is 2.16. The summed E-state index contributed by atoms with van der Waals surface area (Å²) >= 11 is 5.81. The van der Waals surface area contributed by atoms with Crippen molar-refractivity contribution in [2.24, 2.45) is 5.92 Å². The van der Waals surface area contributed by atoms with Gasteiger partial charge in [0.15, 0.2) is 0 Å². The van der Waals surface area contributed by atoms with Gasteiger partial charge in [0.1, 0.15) is 12.4 Å². The molecule has 1 aliphatic rings. The fourth-order valence-corrected chi connectivity index (χ4v) is 2.91. The second kappa shape index (κ2) is 10.3. The molecule has 1 aromatic rings. The molecule has 0 aromatic heterocycles. The number of carbonyl (C=O) groups excluding carboxylic acids is 2. The SMILES string of the molecule is CC(=O)NCC1CCN(CC(=O)NCCOc2ccc(Cl)cc2)CC1. The van der Waals surface area contributed by atoms with Crippen LogP contribution in [-0.2, 0) is 9.59 Å². The number of likely N-dealkylation sites (tertiary alicyclic amines) is 1. The second-order valence-corrected chi connectivity index (χ2v) is 6.75. The number of rotatable bonds is 8. The van der Waals surface area contributed by atoms with Crippen LogP contribution in [0.4, 0.5) is 0 Å². The Hall–Kier alpha value is -1.79. The number of benzene rings is 1. The maximum Gasteiger partial charge on any atom is 0.234 e. The van der Waals surface area contributed by atoms with Crippen LogP contribution in [0.1, 0.15) is 19.8 Å². The van der Waals surface area contributed by atoms with Crippen LogP contribution in [-0.4, -0.2) is 56.0 Å². The van der Waals surface area contributed by atoms with Gasteiger partial charge in [-0.2, -0.15) is 0 Å². The Bertz CT molecular complexity index is 557. The third-order valence-corrected chi connectivity index (χ3v) is 4.47. The van der Waals surface area contributed by atoms with Gasteiger partial charge in [0, 0.05) is 18.5 Å². The predicted octanol–water partition coefficient (Wildman–Crippen LogP) is 1.68. The van der Waals surface area contributed by atoms with Gasteiger partial charge in [-0.25, -0.2) is 0 Å². The van der Waals surface area contributed by atoms with Crippen LogP contribution in [0.15, 0.2) is 24.3 Å². The van der Waals surface area contributed by atoms with Gasteiger partial charge in [-0.1, -0.05) is 11.6 Å². The average molecular weight is 368 g/mol. The van der Waals surface area contributed by atoms with Gasteiger partial charge in [0.05, 0.1) is 13.1 Å². The Kier molecular flexibility index (Phi) is 8.01. The molecule has 2 rings (SSSR count). The highest BCUT2D eigenvalue weighted by Gasteiger charge is 2.20. The van der Waals surface area contributed by atoms with Gasteiger partial charge in [0.25, 0.3) is 0 Å². The lowest BCUT2D eigenvalue weighted by Crippen LogP contribution is -2.43. The van der Waals surface area contributed by atoms with Crippen molar-refractivity contribution in [3.63, 3.8) is 0 Å². The minimum atomic E-state index is 0.0139. The van der Waals surface area contributed by atoms with Gasteiger partial charge in [0.2, 0.25) is 11.8 Å². The van der Waals surface area contributed by atoms with Crippen molar-refractivity contribution in [2.45, 2.75) is 19.8 Å². The first-order valence-corrected chi connectivity index (χ1v) is 9.02. The van der Waals surface area contributed by atoms with E-state index in [1.165, 1.54) is 6.92 Å². The number of amides is 2. The molecule has 0 atom stereocenters. The minimum absolute atomic E-state index is 0.0139. The molecule has 1 aliphatic heterocycles. The smallest absolute Gasteiger partial charge is 0.234 e. The Balaban J connectivity index is 1.55. The molecule has 2 amide bonds. The van der Waals surface area contributed by atoms with E-state index in [4.69, 9.17) is 16.3 Å². The molecule has 138 valence electrons. The normalized spacial score (nSPS) is 15.6. The number of piperidine rings is 1. The zero-order chi connectivity index (χ0) is 18.1. The van der Waals surface area contributed by atoms with Crippen LogP contribution >= 0.6 is 11.6 Å². The van der Waals surface area contributed by atoms with E-state index in [9.17, 15) is 9.59 Å². The van der Waals surface area contributed by atoms with Crippen molar-refractivity contribution in [2.75, 3.05) is 39.3 Å². The molecule has 25 heavy (non-hydrogen) atoms. The highest BCUT2D eigenvalue weighted by molar-refractivity contribution is 6.30. The molecule has 0 aliphatic carbocycles. The number of carbonyl (C=O) groups is 2. The van der Waals surface area contributed by atoms with Gasteiger partial charge in [-0.05, 0) is 56.1 Å². The molecule has 6 nitrogen and oxygen atoms in total. The first kappa shape index (κ1) is 19.5. The zero-order valence-electron chi connectivity index (χ0n) is 14.6. The first-order chi connectivity index (χ1) is 12.0. The lowest BCUT2D eigenvalue weighted by molar-refractivity contribution is -0.122. The van der Waals surface area contributed by atoms with Crippen molar-refractivity contribution in [1.82, 2.24) is 15.5 Å². The summed E-state index contributed by atoms with van der Waals surface area (Å²) in [7, 11) is 0. The van der Waals surface area contributed by atoms with Crippen LogP contribution in [0, 0.1) is 5.92 Å². The highest BCUT2D eigenvalue weighted by atomic mass is 35.5. The van der Waals surface area contributed by atoms with Crippen LogP contribution < -0.4 is 15.4 Å². The molecule has 7 heteroatoms. The van der Waals surface area contributed by atoms with E-state index in [1.54, 1.807) is 24.3 Å². The van der Waals surface area contributed by atoms with E-state index >= 15 is 0 Å². The third-order valence-electron chi connectivity index (χ3n) is 4.22. The van der Waals surface area contributed by atoms with Crippen molar-refractivity contribution < 1.29 is 14.3 Å². The fraction of sp³-hybridized carbons (Fsp3) is 0.556. The molecule has 0 bridgehead atoms. The van der Waals surface area contributed by atoms with Crippen molar-refractivity contribution in [3.05, 3.63) is 29.3 Å². The van der Waals surface area contributed by atoms with Crippen molar-refractivity contribution in [3.8, 4) is 5.75 Å². The summed E-state index contributed by atoms with van der Waals surface area (Å²) in [6, 6.07) is 7.14. The largest absolute Gasteiger partial charge is 0.492 e. The van der Waals surface area contributed by atoms with E-state index in [0.29, 0.717) is 30.6 Å². The molecule has 1 heterocycles. The van der Waals surface area contributed by atoms with Crippen molar-refractivity contribution in [1.29, 1.82) is 0 Å². The molecule has 0 radical (unpaired) electrons. The fourth-order valence-electron chi connectivity index (χ4n) is 2.79. The van der Waals surface area contributed by atoms with Crippen LogP contribution in [0.3, 0.4) is 0 Å². The number of ether oxygens (including phenoxy) is 1. The summed E-state index contributed by atoms with van der Waals surface area (Å²) in [6.45, 7) is 5.35. The van der Waals surface area contributed by atoms with Crippen LogP contribution in [0.25, 0.3) is 0 Å². The van der Waals surface area contributed by atoms with E-state index in [2.05, 4.69) is 15.5 Å². The zero-order valence-corrected chi connectivity index (χ0v) is 15.3. The molecule has 1 saturated heterocycles. The summed E-state index contributed by atoms with van der Waals surface area (Å²) in [5.41, 5.74) is 0. The third kappa shape index (κ3) is 7.75. The minimum Gasteiger partial charge on any atom is -0.492 e. The number of halogens is 1. The lowest BCUT2D eigenvalue weighted by atomic mass is 9.97. The van der Waals surface area contributed by atoms with Gasteiger partial charge in [-0.15, -0.1) is 0 Å². The summed E-state index contributed by atoms with van der Waals surface area (Å²) in [6.07, 6.45) is 2.01. The quantitative estimate of drug-likeness (QED) is 0.686. The van der Waals surface area contributed by atoms with E-state index in [-0.39, 0.29) is 11.8 Å². The predicted molar refractivity (Wildman–Crippen MR) is 97.8 cm³/mol.